The lowest BCUT2D eigenvalue weighted by molar-refractivity contribution is -0.141. The maximum absolute atomic E-state index is 10.9. The Morgan fingerprint density at radius 1 is 1.67 bits per heavy atom. The van der Waals surface area contributed by atoms with Crippen LogP contribution < -0.4 is 5.32 Å². The molecule has 0 saturated carbocycles. The van der Waals surface area contributed by atoms with E-state index in [-0.39, 0.29) is 5.92 Å². The van der Waals surface area contributed by atoms with Gasteiger partial charge in [0.2, 0.25) is 0 Å². The van der Waals surface area contributed by atoms with Gasteiger partial charge in [-0.2, -0.15) is 0 Å². The van der Waals surface area contributed by atoms with Crippen LogP contribution in [-0.4, -0.2) is 17.6 Å². The van der Waals surface area contributed by atoms with Crippen LogP contribution in [0.15, 0.2) is 18.2 Å². The third kappa shape index (κ3) is 1.79. The number of rotatable bonds is 2. The minimum absolute atomic E-state index is 0.0104. The molecule has 0 radical (unpaired) electrons. The van der Waals surface area contributed by atoms with Crippen LogP contribution >= 0.6 is 11.6 Å². The normalized spacial score (nSPS) is 20.5. The molecule has 80 valence electrons. The number of carbonyl (C=O) groups is 1. The molecule has 0 bridgehead atoms. The summed E-state index contributed by atoms with van der Waals surface area (Å²) in [7, 11) is 0. The van der Waals surface area contributed by atoms with Crippen LogP contribution in [-0.2, 0) is 4.79 Å². The fourth-order valence-electron chi connectivity index (χ4n) is 1.95. The smallest absolute Gasteiger partial charge is 0.306 e. The summed E-state index contributed by atoms with van der Waals surface area (Å²) in [4.78, 5) is 10.9. The van der Waals surface area contributed by atoms with Crippen molar-refractivity contribution in [2.24, 2.45) is 5.92 Å². The topological polar surface area (TPSA) is 49.3 Å². The fourth-order valence-corrected chi connectivity index (χ4v) is 2.13. The number of benzene rings is 1. The molecule has 0 fully saturated rings. The Kier molecular flexibility index (Phi) is 2.57. The zero-order chi connectivity index (χ0) is 11.0. The van der Waals surface area contributed by atoms with Gasteiger partial charge in [0.15, 0.2) is 0 Å². The standard InChI is InChI=1S/C11H12ClNO2/c1-6(11(14)15)9-5-13-10-3-2-7(12)4-8(9)10/h2-4,6,9,13H,5H2,1H3,(H,14,15). The van der Waals surface area contributed by atoms with Crippen LogP contribution in [0.5, 0.6) is 0 Å². The number of carboxylic acid groups (broad SMARTS) is 1. The van der Waals surface area contributed by atoms with Crippen molar-refractivity contribution >= 4 is 23.3 Å². The average Bonchev–Trinajstić information content (AvgIpc) is 2.59. The number of fused-ring (bicyclic) bond motifs is 1. The second-order valence-electron chi connectivity index (χ2n) is 3.85. The molecule has 2 unspecified atom stereocenters. The summed E-state index contributed by atoms with van der Waals surface area (Å²) in [6.45, 7) is 2.40. The SMILES string of the molecule is CC(C(=O)O)C1CNc2ccc(Cl)cc21. The van der Waals surface area contributed by atoms with Gasteiger partial charge in [0.05, 0.1) is 5.92 Å². The van der Waals surface area contributed by atoms with Crippen molar-refractivity contribution in [1.29, 1.82) is 0 Å². The molecule has 0 saturated heterocycles. The van der Waals surface area contributed by atoms with E-state index in [1.807, 2.05) is 12.1 Å². The molecule has 2 N–H and O–H groups in total. The molecule has 0 aliphatic carbocycles. The maximum Gasteiger partial charge on any atom is 0.306 e. The van der Waals surface area contributed by atoms with E-state index >= 15 is 0 Å². The molecule has 1 aliphatic rings. The Hall–Kier alpha value is -1.22. The molecule has 1 aromatic rings. The number of carboxylic acids is 1. The largest absolute Gasteiger partial charge is 0.481 e. The Bertz CT molecular complexity index is 406. The molecule has 15 heavy (non-hydrogen) atoms. The molecule has 1 heterocycles. The van der Waals surface area contributed by atoms with Crippen molar-refractivity contribution in [1.82, 2.24) is 0 Å². The highest BCUT2D eigenvalue weighted by Gasteiger charge is 2.31. The number of halogens is 1. The third-order valence-corrected chi connectivity index (χ3v) is 3.15. The summed E-state index contributed by atoms with van der Waals surface area (Å²) >= 11 is 5.90. The fraction of sp³-hybridized carbons (Fsp3) is 0.364. The number of hydrogen-bond acceptors (Lipinski definition) is 2. The van der Waals surface area contributed by atoms with E-state index in [4.69, 9.17) is 16.7 Å². The minimum atomic E-state index is -0.769. The highest BCUT2D eigenvalue weighted by molar-refractivity contribution is 6.30. The molecular weight excluding hydrogens is 214 g/mol. The first kappa shape index (κ1) is 10.3. The van der Waals surface area contributed by atoms with E-state index in [2.05, 4.69) is 5.32 Å². The summed E-state index contributed by atoms with van der Waals surface area (Å²) in [6, 6.07) is 5.55. The van der Waals surface area contributed by atoms with Crippen molar-refractivity contribution in [3.05, 3.63) is 28.8 Å². The first-order valence-corrected chi connectivity index (χ1v) is 5.23. The molecule has 4 heteroatoms. The first-order chi connectivity index (χ1) is 7.09. The van der Waals surface area contributed by atoms with Gasteiger partial charge in [-0.05, 0) is 23.8 Å². The monoisotopic (exact) mass is 225 g/mol. The Labute approximate surface area is 93.1 Å². The summed E-state index contributed by atoms with van der Waals surface area (Å²) in [5.74, 6) is -1.15. The van der Waals surface area contributed by atoms with Gasteiger partial charge < -0.3 is 10.4 Å². The van der Waals surface area contributed by atoms with Crippen molar-refractivity contribution in [3.8, 4) is 0 Å². The van der Waals surface area contributed by atoms with Crippen LogP contribution in [0.4, 0.5) is 5.69 Å². The summed E-state index contributed by atoms with van der Waals surface area (Å²) < 4.78 is 0. The summed E-state index contributed by atoms with van der Waals surface area (Å²) in [5, 5.41) is 12.8. The van der Waals surface area contributed by atoms with E-state index in [0.29, 0.717) is 11.6 Å². The predicted octanol–water partition coefficient (Wildman–Crippen LogP) is 2.57. The van der Waals surface area contributed by atoms with Gasteiger partial charge >= 0.3 is 5.97 Å². The van der Waals surface area contributed by atoms with Gasteiger partial charge in [-0.15, -0.1) is 0 Å². The Morgan fingerprint density at radius 3 is 3.07 bits per heavy atom. The summed E-state index contributed by atoms with van der Waals surface area (Å²) in [6.07, 6.45) is 0. The van der Waals surface area contributed by atoms with Crippen molar-refractivity contribution in [2.45, 2.75) is 12.8 Å². The van der Waals surface area contributed by atoms with Crippen LogP contribution in [0, 0.1) is 5.92 Å². The molecule has 0 spiro atoms. The third-order valence-electron chi connectivity index (χ3n) is 2.92. The second kappa shape index (κ2) is 3.74. The van der Waals surface area contributed by atoms with E-state index < -0.39 is 11.9 Å². The van der Waals surface area contributed by atoms with Crippen LogP contribution in [0.1, 0.15) is 18.4 Å². The molecule has 1 aliphatic heterocycles. The molecular formula is C11H12ClNO2. The van der Waals surface area contributed by atoms with E-state index in [0.717, 1.165) is 11.3 Å². The lowest BCUT2D eigenvalue weighted by Crippen LogP contribution is -2.20. The molecule has 0 aromatic heterocycles. The van der Waals surface area contributed by atoms with E-state index in [9.17, 15) is 4.79 Å². The van der Waals surface area contributed by atoms with Gasteiger partial charge in [-0.25, -0.2) is 0 Å². The highest BCUT2D eigenvalue weighted by Crippen LogP contribution is 2.37. The van der Waals surface area contributed by atoms with Crippen molar-refractivity contribution in [2.75, 3.05) is 11.9 Å². The predicted molar refractivity (Wildman–Crippen MR) is 59.5 cm³/mol. The number of aliphatic carboxylic acids is 1. The second-order valence-corrected chi connectivity index (χ2v) is 4.28. The molecule has 3 nitrogen and oxygen atoms in total. The Balaban J connectivity index is 2.35. The highest BCUT2D eigenvalue weighted by atomic mass is 35.5. The van der Waals surface area contributed by atoms with Crippen molar-refractivity contribution < 1.29 is 9.90 Å². The molecule has 2 rings (SSSR count). The minimum Gasteiger partial charge on any atom is -0.481 e. The quantitative estimate of drug-likeness (QED) is 0.814. The maximum atomic E-state index is 10.9. The lowest BCUT2D eigenvalue weighted by Gasteiger charge is -2.14. The van der Waals surface area contributed by atoms with Crippen LogP contribution in [0.2, 0.25) is 5.02 Å². The van der Waals surface area contributed by atoms with Gasteiger partial charge in [0.1, 0.15) is 0 Å². The van der Waals surface area contributed by atoms with Crippen LogP contribution in [0.25, 0.3) is 0 Å². The van der Waals surface area contributed by atoms with Crippen molar-refractivity contribution in [3.63, 3.8) is 0 Å². The van der Waals surface area contributed by atoms with Gasteiger partial charge in [0.25, 0.3) is 0 Å². The molecule has 1 aromatic carbocycles. The number of hydrogen-bond donors (Lipinski definition) is 2. The summed E-state index contributed by atoms with van der Waals surface area (Å²) in [5.41, 5.74) is 2.01. The van der Waals surface area contributed by atoms with E-state index in [1.165, 1.54) is 0 Å². The average molecular weight is 226 g/mol. The van der Waals surface area contributed by atoms with Gasteiger partial charge in [-0.1, -0.05) is 18.5 Å². The van der Waals surface area contributed by atoms with Gasteiger partial charge in [0, 0.05) is 23.2 Å². The molecule has 2 atom stereocenters. The lowest BCUT2D eigenvalue weighted by atomic mass is 9.89. The first-order valence-electron chi connectivity index (χ1n) is 4.85. The van der Waals surface area contributed by atoms with Gasteiger partial charge in [-0.3, -0.25) is 4.79 Å². The van der Waals surface area contributed by atoms with Crippen LogP contribution in [0.3, 0.4) is 0 Å². The molecule has 0 amide bonds. The zero-order valence-electron chi connectivity index (χ0n) is 8.33. The number of nitrogens with one attached hydrogen (secondary N) is 1. The zero-order valence-corrected chi connectivity index (χ0v) is 9.08. The Morgan fingerprint density at radius 2 is 2.40 bits per heavy atom. The number of anilines is 1. The van der Waals surface area contributed by atoms with E-state index in [1.54, 1.807) is 13.0 Å².